The molecule has 0 radical (unpaired) electrons. The maximum Gasteiger partial charge on any atom is 0.0700 e. The number of hydrogen-bond donors (Lipinski definition) is 1. The second-order valence-corrected chi connectivity index (χ2v) is 4.20. The van der Waals surface area contributed by atoms with Gasteiger partial charge in [-0.2, -0.15) is 0 Å². The van der Waals surface area contributed by atoms with E-state index in [2.05, 4.69) is 37.4 Å². The first-order chi connectivity index (χ1) is 8.24. The van der Waals surface area contributed by atoms with Crippen LogP contribution in [0.3, 0.4) is 0 Å². The molecule has 1 N–H and O–H groups in total. The largest absolute Gasteiger partial charge is 0.382 e. The Hall–Kier alpha value is -0.900. The minimum Gasteiger partial charge on any atom is -0.382 e. The van der Waals surface area contributed by atoms with Gasteiger partial charge < -0.3 is 14.8 Å². The van der Waals surface area contributed by atoms with Gasteiger partial charge in [-0.3, -0.25) is 0 Å². The van der Waals surface area contributed by atoms with Gasteiger partial charge in [0, 0.05) is 20.2 Å². The van der Waals surface area contributed by atoms with Gasteiger partial charge in [0.2, 0.25) is 0 Å². The molecule has 0 fully saturated rings. The SMILES string of the molecule is COCCOCCNCc1ccc(C)c(C)c1. The van der Waals surface area contributed by atoms with Gasteiger partial charge in [0.05, 0.1) is 19.8 Å². The monoisotopic (exact) mass is 237 g/mol. The Morgan fingerprint density at radius 1 is 1.06 bits per heavy atom. The van der Waals surface area contributed by atoms with Crippen LogP contribution in [-0.4, -0.2) is 33.5 Å². The van der Waals surface area contributed by atoms with Gasteiger partial charge in [-0.1, -0.05) is 18.2 Å². The van der Waals surface area contributed by atoms with E-state index in [-0.39, 0.29) is 0 Å². The Morgan fingerprint density at radius 2 is 1.88 bits per heavy atom. The van der Waals surface area contributed by atoms with Crippen LogP contribution in [0.15, 0.2) is 18.2 Å². The van der Waals surface area contributed by atoms with Gasteiger partial charge in [-0.25, -0.2) is 0 Å². The molecule has 0 atom stereocenters. The molecule has 0 spiro atoms. The molecule has 0 aromatic heterocycles. The van der Waals surface area contributed by atoms with Crippen molar-refractivity contribution >= 4 is 0 Å². The zero-order chi connectivity index (χ0) is 12.5. The third kappa shape index (κ3) is 5.82. The second-order valence-electron chi connectivity index (χ2n) is 4.20. The molecule has 3 heteroatoms. The van der Waals surface area contributed by atoms with Crippen LogP contribution in [0, 0.1) is 13.8 Å². The number of rotatable bonds is 8. The summed E-state index contributed by atoms with van der Waals surface area (Å²) in [5.41, 5.74) is 4.02. The summed E-state index contributed by atoms with van der Waals surface area (Å²) < 4.78 is 10.3. The van der Waals surface area contributed by atoms with Crippen molar-refractivity contribution in [3.8, 4) is 0 Å². The van der Waals surface area contributed by atoms with Crippen molar-refractivity contribution in [1.82, 2.24) is 5.32 Å². The molecule has 17 heavy (non-hydrogen) atoms. The average Bonchev–Trinajstić information content (AvgIpc) is 2.32. The van der Waals surface area contributed by atoms with Crippen molar-refractivity contribution in [2.24, 2.45) is 0 Å². The Labute approximate surface area is 104 Å². The molecule has 0 saturated heterocycles. The summed E-state index contributed by atoms with van der Waals surface area (Å²) in [7, 11) is 1.68. The topological polar surface area (TPSA) is 30.5 Å². The predicted molar refractivity (Wildman–Crippen MR) is 70.3 cm³/mol. The van der Waals surface area contributed by atoms with Crippen LogP contribution in [0.2, 0.25) is 0 Å². The number of ether oxygens (including phenoxy) is 2. The van der Waals surface area contributed by atoms with Crippen molar-refractivity contribution in [3.63, 3.8) is 0 Å². The van der Waals surface area contributed by atoms with E-state index >= 15 is 0 Å². The molecule has 0 amide bonds. The molecule has 1 rings (SSSR count). The molecule has 96 valence electrons. The summed E-state index contributed by atoms with van der Waals surface area (Å²) in [4.78, 5) is 0. The molecule has 0 heterocycles. The molecule has 0 unspecified atom stereocenters. The fourth-order valence-electron chi connectivity index (χ4n) is 1.53. The Balaban J connectivity index is 2.11. The van der Waals surface area contributed by atoms with Crippen LogP contribution < -0.4 is 5.32 Å². The number of aryl methyl sites for hydroxylation is 2. The second kappa shape index (κ2) is 8.23. The molecular formula is C14H23NO2. The summed E-state index contributed by atoms with van der Waals surface area (Å²) in [5.74, 6) is 0. The number of nitrogens with one attached hydrogen (secondary N) is 1. The Bertz CT molecular complexity index is 326. The zero-order valence-corrected chi connectivity index (χ0v) is 11.1. The van der Waals surface area contributed by atoms with Gasteiger partial charge in [-0.05, 0) is 30.5 Å². The lowest BCUT2D eigenvalue weighted by Gasteiger charge is -2.07. The Morgan fingerprint density at radius 3 is 2.59 bits per heavy atom. The zero-order valence-electron chi connectivity index (χ0n) is 11.1. The fourth-order valence-corrected chi connectivity index (χ4v) is 1.53. The van der Waals surface area contributed by atoms with Gasteiger partial charge in [0.15, 0.2) is 0 Å². The predicted octanol–water partition coefficient (Wildman–Crippen LogP) is 2.06. The highest BCUT2D eigenvalue weighted by atomic mass is 16.5. The third-order valence-electron chi connectivity index (χ3n) is 2.76. The standard InChI is InChI=1S/C14H23NO2/c1-12-4-5-14(10-13(12)2)11-15-6-7-17-9-8-16-3/h4-5,10,15H,6-9,11H2,1-3H3. The smallest absolute Gasteiger partial charge is 0.0700 e. The maximum absolute atomic E-state index is 5.37. The van der Waals surface area contributed by atoms with E-state index in [0.29, 0.717) is 13.2 Å². The first-order valence-electron chi connectivity index (χ1n) is 6.07. The molecule has 3 nitrogen and oxygen atoms in total. The quantitative estimate of drug-likeness (QED) is 0.702. The summed E-state index contributed by atoms with van der Waals surface area (Å²) in [5, 5.41) is 3.36. The van der Waals surface area contributed by atoms with Crippen LogP contribution in [0.5, 0.6) is 0 Å². The van der Waals surface area contributed by atoms with E-state index < -0.39 is 0 Å². The Kier molecular flexibility index (Phi) is 6.86. The molecule has 1 aromatic rings. The van der Waals surface area contributed by atoms with Crippen LogP contribution in [0.4, 0.5) is 0 Å². The van der Waals surface area contributed by atoms with E-state index in [9.17, 15) is 0 Å². The fraction of sp³-hybridized carbons (Fsp3) is 0.571. The van der Waals surface area contributed by atoms with Crippen LogP contribution in [-0.2, 0) is 16.0 Å². The molecule has 0 aliphatic heterocycles. The summed E-state index contributed by atoms with van der Waals surface area (Å²) in [6, 6.07) is 6.57. The van der Waals surface area contributed by atoms with Crippen molar-refractivity contribution in [1.29, 1.82) is 0 Å². The van der Waals surface area contributed by atoms with Gasteiger partial charge in [-0.15, -0.1) is 0 Å². The summed E-state index contributed by atoms with van der Waals surface area (Å²) in [6.07, 6.45) is 0. The molecule has 0 bridgehead atoms. The lowest BCUT2D eigenvalue weighted by molar-refractivity contribution is 0.0719. The van der Waals surface area contributed by atoms with E-state index in [1.165, 1.54) is 16.7 Å². The average molecular weight is 237 g/mol. The normalized spacial score (nSPS) is 10.8. The highest BCUT2D eigenvalue weighted by Crippen LogP contribution is 2.09. The molecule has 0 saturated carbocycles. The van der Waals surface area contributed by atoms with E-state index in [1.54, 1.807) is 7.11 Å². The molecular weight excluding hydrogens is 214 g/mol. The minimum atomic E-state index is 0.664. The highest BCUT2D eigenvalue weighted by molar-refractivity contribution is 5.29. The van der Waals surface area contributed by atoms with Crippen molar-refractivity contribution in [3.05, 3.63) is 34.9 Å². The third-order valence-corrected chi connectivity index (χ3v) is 2.76. The van der Waals surface area contributed by atoms with Crippen LogP contribution in [0.1, 0.15) is 16.7 Å². The molecule has 0 aliphatic carbocycles. The van der Waals surface area contributed by atoms with Crippen molar-refractivity contribution in [2.45, 2.75) is 20.4 Å². The van der Waals surface area contributed by atoms with E-state index in [1.807, 2.05) is 0 Å². The number of hydrogen-bond acceptors (Lipinski definition) is 3. The number of methoxy groups -OCH3 is 1. The molecule has 0 aliphatic rings. The summed E-state index contributed by atoms with van der Waals surface area (Å²) >= 11 is 0. The van der Waals surface area contributed by atoms with E-state index in [0.717, 1.165) is 19.7 Å². The summed E-state index contributed by atoms with van der Waals surface area (Å²) in [6.45, 7) is 8.11. The van der Waals surface area contributed by atoms with Gasteiger partial charge in [0.1, 0.15) is 0 Å². The lowest BCUT2D eigenvalue weighted by Crippen LogP contribution is -2.20. The highest BCUT2D eigenvalue weighted by Gasteiger charge is 1.96. The minimum absolute atomic E-state index is 0.664. The van der Waals surface area contributed by atoms with E-state index in [4.69, 9.17) is 9.47 Å². The first kappa shape index (κ1) is 14.2. The first-order valence-corrected chi connectivity index (χ1v) is 6.07. The number of benzene rings is 1. The lowest BCUT2D eigenvalue weighted by atomic mass is 10.1. The van der Waals surface area contributed by atoms with Gasteiger partial charge >= 0.3 is 0 Å². The van der Waals surface area contributed by atoms with Crippen LogP contribution >= 0.6 is 0 Å². The maximum atomic E-state index is 5.37. The van der Waals surface area contributed by atoms with Gasteiger partial charge in [0.25, 0.3) is 0 Å². The molecule has 1 aromatic carbocycles. The van der Waals surface area contributed by atoms with Crippen molar-refractivity contribution < 1.29 is 9.47 Å². The van der Waals surface area contributed by atoms with Crippen molar-refractivity contribution in [2.75, 3.05) is 33.5 Å². The van der Waals surface area contributed by atoms with Crippen LogP contribution in [0.25, 0.3) is 0 Å².